The number of terminal acetylenes is 1. The highest BCUT2D eigenvalue weighted by atomic mass is 79.9. The first-order valence-corrected chi connectivity index (χ1v) is 9.16. The standard InChI is InChI=1S/C17H12BrNO4S/c1-3-16-14-10-12(18)6-9-15(14)19(17(20)23-16)24(21,22)13-7-4-11(2)5-8-13/h1,4-10,16H,2H3. The van der Waals surface area contributed by atoms with Gasteiger partial charge < -0.3 is 4.74 Å². The second-order valence-corrected chi connectivity index (χ2v) is 7.92. The summed E-state index contributed by atoms with van der Waals surface area (Å²) in [6.07, 6.45) is 3.45. The van der Waals surface area contributed by atoms with Crippen LogP contribution in [-0.4, -0.2) is 14.5 Å². The third-order valence-electron chi connectivity index (χ3n) is 3.59. The van der Waals surface area contributed by atoms with E-state index in [0.29, 0.717) is 14.3 Å². The molecular weight excluding hydrogens is 394 g/mol. The number of anilines is 1. The highest BCUT2D eigenvalue weighted by Gasteiger charge is 2.40. The lowest BCUT2D eigenvalue weighted by Gasteiger charge is -2.31. The van der Waals surface area contributed by atoms with E-state index in [2.05, 4.69) is 21.9 Å². The highest BCUT2D eigenvalue weighted by Crippen LogP contribution is 2.39. The molecule has 3 rings (SSSR count). The Morgan fingerprint density at radius 2 is 1.88 bits per heavy atom. The first-order chi connectivity index (χ1) is 11.3. The predicted octanol–water partition coefficient (Wildman–Crippen LogP) is 3.78. The molecule has 0 N–H and O–H groups in total. The summed E-state index contributed by atoms with van der Waals surface area (Å²) in [5.74, 6) is 2.35. The average molecular weight is 406 g/mol. The van der Waals surface area contributed by atoms with Crippen LogP contribution in [0.1, 0.15) is 17.2 Å². The molecule has 0 spiro atoms. The van der Waals surface area contributed by atoms with Crippen LogP contribution in [0.2, 0.25) is 0 Å². The number of ether oxygens (including phenoxy) is 1. The predicted molar refractivity (Wildman–Crippen MR) is 93.0 cm³/mol. The Morgan fingerprint density at radius 1 is 1.21 bits per heavy atom. The van der Waals surface area contributed by atoms with Crippen molar-refractivity contribution in [3.8, 4) is 12.3 Å². The average Bonchev–Trinajstić information content (AvgIpc) is 2.54. The van der Waals surface area contributed by atoms with Crippen LogP contribution in [0.4, 0.5) is 10.5 Å². The highest BCUT2D eigenvalue weighted by molar-refractivity contribution is 9.10. The Bertz CT molecular complexity index is 961. The lowest BCUT2D eigenvalue weighted by atomic mass is 10.1. The molecule has 0 saturated heterocycles. The van der Waals surface area contributed by atoms with Gasteiger partial charge >= 0.3 is 6.09 Å². The lowest BCUT2D eigenvalue weighted by Crippen LogP contribution is -2.41. The van der Waals surface area contributed by atoms with Crippen LogP contribution >= 0.6 is 15.9 Å². The molecule has 0 aliphatic carbocycles. The zero-order valence-electron chi connectivity index (χ0n) is 12.6. The fourth-order valence-corrected chi connectivity index (χ4v) is 4.13. The van der Waals surface area contributed by atoms with Crippen LogP contribution < -0.4 is 4.31 Å². The van der Waals surface area contributed by atoms with E-state index in [1.54, 1.807) is 24.3 Å². The molecule has 0 radical (unpaired) electrons. The van der Waals surface area contributed by atoms with E-state index in [9.17, 15) is 13.2 Å². The molecule has 24 heavy (non-hydrogen) atoms. The number of cyclic esters (lactones) is 1. The van der Waals surface area contributed by atoms with Crippen molar-refractivity contribution in [1.82, 2.24) is 0 Å². The Labute approximate surface area is 148 Å². The van der Waals surface area contributed by atoms with Gasteiger partial charge in [0.15, 0.2) is 6.10 Å². The summed E-state index contributed by atoms with van der Waals surface area (Å²) in [4.78, 5) is 12.3. The number of hydrogen-bond acceptors (Lipinski definition) is 4. The molecule has 0 aromatic heterocycles. The largest absolute Gasteiger partial charge is 0.430 e. The van der Waals surface area contributed by atoms with Crippen molar-refractivity contribution in [1.29, 1.82) is 0 Å². The molecule has 1 aliphatic rings. The maximum atomic E-state index is 12.9. The van der Waals surface area contributed by atoms with Gasteiger partial charge in [-0.3, -0.25) is 0 Å². The molecule has 1 unspecified atom stereocenters. The molecule has 0 saturated carbocycles. The molecule has 1 atom stereocenters. The molecular formula is C17H12BrNO4S. The number of amides is 1. The number of aryl methyl sites for hydroxylation is 1. The Hall–Kier alpha value is -2.30. The Kier molecular flexibility index (Phi) is 4.11. The fourth-order valence-electron chi connectivity index (χ4n) is 2.40. The molecule has 0 bridgehead atoms. The van der Waals surface area contributed by atoms with Crippen LogP contribution in [0.25, 0.3) is 0 Å². The fraction of sp³-hybridized carbons (Fsp3) is 0.118. The summed E-state index contributed by atoms with van der Waals surface area (Å²) in [5.41, 5.74) is 1.53. The van der Waals surface area contributed by atoms with E-state index in [4.69, 9.17) is 11.2 Å². The number of carbonyl (C=O) groups excluding carboxylic acids is 1. The van der Waals surface area contributed by atoms with E-state index in [1.165, 1.54) is 18.2 Å². The summed E-state index contributed by atoms with van der Waals surface area (Å²) < 4.78 is 32.3. The number of benzene rings is 2. The maximum Gasteiger partial charge on any atom is 0.430 e. The minimum absolute atomic E-state index is 0.00178. The van der Waals surface area contributed by atoms with E-state index < -0.39 is 22.2 Å². The van der Waals surface area contributed by atoms with Crippen molar-refractivity contribution in [3.05, 3.63) is 58.1 Å². The molecule has 5 nitrogen and oxygen atoms in total. The minimum Gasteiger partial charge on any atom is -0.427 e. The zero-order chi connectivity index (χ0) is 17.5. The number of halogens is 1. The van der Waals surface area contributed by atoms with E-state index in [-0.39, 0.29) is 10.6 Å². The molecule has 122 valence electrons. The van der Waals surface area contributed by atoms with Gasteiger partial charge in [-0.1, -0.05) is 39.5 Å². The van der Waals surface area contributed by atoms with Gasteiger partial charge in [-0.25, -0.2) is 13.2 Å². The van der Waals surface area contributed by atoms with Gasteiger partial charge in [0.25, 0.3) is 10.0 Å². The Morgan fingerprint density at radius 3 is 2.50 bits per heavy atom. The lowest BCUT2D eigenvalue weighted by molar-refractivity contribution is 0.130. The van der Waals surface area contributed by atoms with Gasteiger partial charge in [0.1, 0.15) is 0 Å². The molecule has 1 heterocycles. The first kappa shape index (κ1) is 16.6. The van der Waals surface area contributed by atoms with Gasteiger partial charge in [0.05, 0.1) is 10.6 Å². The summed E-state index contributed by atoms with van der Waals surface area (Å²) in [6, 6.07) is 11.0. The monoisotopic (exact) mass is 405 g/mol. The van der Waals surface area contributed by atoms with Crippen molar-refractivity contribution in [2.75, 3.05) is 4.31 Å². The van der Waals surface area contributed by atoms with E-state index in [0.717, 1.165) is 5.56 Å². The SMILES string of the molecule is C#CC1OC(=O)N(S(=O)(=O)c2ccc(C)cc2)c2ccc(Br)cc21. The number of hydrogen-bond donors (Lipinski definition) is 0. The van der Waals surface area contributed by atoms with Gasteiger partial charge in [-0.05, 0) is 37.3 Å². The van der Waals surface area contributed by atoms with Gasteiger partial charge in [-0.15, -0.1) is 6.42 Å². The topological polar surface area (TPSA) is 63.7 Å². The van der Waals surface area contributed by atoms with Crippen molar-refractivity contribution in [3.63, 3.8) is 0 Å². The molecule has 1 amide bonds. The van der Waals surface area contributed by atoms with Crippen LogP contribution in [0, 0.1) is 19.3 Å². The molecule has 1 aliphatic heterocycles. The number of fused-ring (bicyclic) bond motifs is 1. The van der Waals surface area contributed by atoms with Crippen molar-refractivity contribution in [2.45, 2.75) is 17.9 Å². The van der Waals surface area contributed by atoms with Gasteiger partial charge in [0.2, 0.25) is 0 Å². The van der Waals surface area contributed by atoms with E-state index in [1.807, 2.05) is 6.92 Å². The quantitative estimate of drug-likeness (QED) is 0.713. The zero-order valence-corrected chi connectivity index (χ0v) is 15.0. The second-order valence-electron chi connectivity index (χ2n) is 5.22. The number of sulfonamides is 1. The van der Waals surface area contributed by atoms with Crippen LogP contribution in [0.3, 0.4) is 0 Å². The van der Waals surface area contributed by atoms with Gasteiger partial charge in [0, 0.05) is 10.0 Å². The molecule has 7 heteroatoms. The third-order valence-corrected chi connectivity index (χ3v) is 5.77. The van der Waals surface area contributed by atoms with Crippen LogP contribution in [0.15, 0.2) is 51.8 Å². The Balaban J connectivity index is 2.19. The summed E-state index contributed by atoms with van der Waals surface area (Å²) in [5, 5.41) is 0. The molecule has 2 aromatic rings. The summed E-state index contributed by atoms with van der Waals surface area (Å²) in [6.45, 7) is 1.84. The second kappa shape index (κ2) is 5.96. The van der Waals surface area contributed by atoms with Crippen LogP contribution in [0.5, 0.6) is 0 Å². The minimum atomic E-state index is -4.11. The normalized spacial score (nSPS) is 17.0. The van der Waals surface area contributed by atoms with E-state index >= 15 is 0 Å². The summed E-state index contributed by atoms with van der Waals surface area (Å²) in [7, 11) is -4.11. The van der Waals surface area contributed by atoms with Crippen LogP contribution in [-0.2, 0) is 14.8 Å². The molecule has 0 fully saturated rings. The van der Waals surface area contributed by atoms with Crippen molar-refractivity contribution in [2.24, 2.45) is 0 Å². The van der Waals surface area contributed by atoms with Gasteiger partial charge in [-0.2, -0.15) is 4.31 Å². The third kappa shape index (κ3) is 2.68. The summed E-state index contributed by atoms with van der Waals surface area (Å²) >= 11 is 3.31. The number of nitrogens with zero attached hydrogens (tertiary/aromatic N) is 1. The number of carbonyl (C=O) groups is 1. The van der Waals surface area contributed by atoms with Crippen molar-refractivity contribution >= 4 is 37.7 Å². The molecule has 2 aromatic carbocycles. The van der Waals surface area contributed by atoms with Crippen molar-refractivity contribution < 1.29 is 17.9 Å². The maximum absolute atomic E-state index is 12.9. The number of rotatable bonds is 2. The first-order valence-electron chi connectivity index (χ1n) is 6.93. The smallest absolute Gasteiger partial charge is 0.427 e.